The number of ether oxygens (including phenoxy) is 2. The van der Waals surface area contributed by atoms with Gasteiger partial charge in [-0.05, 0) is 25.0 Å². The van der Waals surface area contributed by atoms with E-state index in [1.807, 2.05) is 18.2 Å². The number of rotatable bonds is 6. The molecule has 4 nitrogen and oxygen atoms in total. The Morgan fingerprint density at radius 3 is 2.78 bits per heavy atom. The van der Waals surface area contributed by atoms with Gasteiger partial charge in [-0.1, -0.05) is 24.6 Å². The zero-order valence-corrected chi connectivity index (χ0v) is 14.3. The van der Waals surface area contributed by atoms with Crippen LogP contribution in [0.2, 0.25) is 0 Å². The van der Waals surface area contributed by atoms with E-state index in [1.165, 1.54) is 24.2 Å². The Balaban J connectivity index is 1.32. The average Bonchev–Trinajstić information content (AvgIpc) is 2.97. The van der Waals surface area contributed by atoms with Gasteiger partial charge >= 0.3 is 0 Å². The zero-order chi connectivity index (χ0) is 16.0. The Labute approximate surface area is 142 Å². The third-order valence-electron chi connectivity index (χ3n) is 4.40. The highest BCUT2D eigenvalue weighted by atomic mass is 32.2. The average molecular weight is 335 g/mol. The third-order valence-corrected chi connectivity index (χ3v) is 5.41. The van der Waals surface area contributed by atoms with E-state index in [9.17, 15) is 4.79 Å². The molecule has 1 aliphatic heterocycles. The molecule has 2 fully saturated rings. The lowest BCUT2D eigenvalue weighted by atomic mass is 9.94. The molecule has 0 aromatic heterocycles. The maximum absolute atomic E-state index is 11.9. The monoisotopic (exact) mass is 335 g/mol. The molecule has 1 aromatic carbocycles. The van der Waals surface area contributed by atoms with E-state index in [2.05, 4.69) is 17.4 Å². The minimum absolute atomic E-state index is 0.00109. The van der Waals surface area contributed by atoms with Crippen LogP contribution in [0.3, 0.4) is 0 Å². The molecule has 0 bridgehead atoms. The van der Waals surface area contributed by atoms with Gasteiger partial charge in [-0.25, -0.2) is 0 Å². The zero-order valence-electron chi connectivity index (χ0n) is 13.5. The Morgan fingerprint density at radius 2 is 2.00 bits per heavy atom. The first-order chi connectivity index (χ1) is 11.3. The fraction of sp³-hybridized carbons (Fsp3) is 0.611. The van der Waals surface area contributed by atoms with E-state index < -0.39 is 0 Å². The van der Waals surface area contributed by atoms with E-state index in [1.54, 1.807) is 11.8 Å². The lowest BCUT2D eigenvalue weighted by Gasteiger charge is -2.31. The summed E-state index contributed by atoms with van der Waals surface area (Å²) in [5.41, 5.74) is 0. The largest absolute Gasteiger partial charge is 0.353 e. The van der Waals surface area contributed by atoms with Gasteiger partial charge in [-0.3, -0.25) is 4.79 Å². The number of hydrogen-bond donors (Lipinski definition) is 1. The molecule has 126 valence electrons. The number of benzene rings is 1. The first-order valence-corrected chi connectivity index (χ1v) is 9.51. The van der Waals surface area contributed by atoms with Crippen molar-refractivity contribution in [3.63, 3.8) is 0 Å². The van der Waals surface area contributed by atoms with Crippen LogP contribution in [-0.4, -0.2) is 36.7 Å². The van der Waals surface area contributed by atoms with Crippen molar-refractivity contribution in [2.45, 2.75) is 55.3 Å². The summed E-state index contributed by atoms with van der Waals surface area (Å²) in [6, 6.07) is 10.2. The maximum atomic E-state index is 11.9. The molecule has 1 aromatic rings. The summed E-state index contributed by atoms with van der Waals surface area (Å²) in [6.45, 7) is 1.15. The molecule has 2 aliphatic rings. The van der Waals surface area contributed by atoms with Gasteiger partial charge < -0.3 is 14.8 Å². The summed E-state index contributed by atoms with van der Waals surface area (Å²) in [7, 11) is 0. The number of carbonyl (C=O) groups excluding carboxylic acids is 1. The summed E-state index contributed by atoms with van der Waals surface area (Å²) in [5.74, 6) is 0.528. The minimum atomic E-state index is -0.350. The number of thioether (sulfide) groups is 1. The van der Waals surface area contributed by atoms with Crippen molar-refractivity contribution in [3.8, 4) is 0 Å². The van der Waals surface area contributed by atoms with Gasteiger partial charge in [0, 0.05) is 36.5 Å². The highest BCUT2D eigenvalue weighted by Gasteiger charge is 2.42. The molecule has 1 heterocycles. The van der Waals surface area contributed by atoms with Gasteiger partial charge in [0.1, 0.15) is 6.10 Å². The van der Waals surface area contributed by atoms with Gasteiger partial charge in [0.2, 0.25) is 5.91 Å². The highest BCUT2D eigenvalue weighted by molar-refractivity contribution is 7.99. The van der Waals surface area contributed by atoms with Crippen LogP contribution in [0, 0.1) is 0 Å². The quantitative estimate of drug-likeness (QED) is 0.810. The van der Waals surface area contributed by atoms with Gasteiger partial charge in [-0.2, -0.15) is 0 Å². The van der Waals surface area contributed by atoms with E-state index in [0.29, 0.717) is 19.6 Å². The van der Waals surface area contributed by atoms with Crippen LogP contribution in [-0.2, 0) is 14.3 Å². The number of nitrogens with one attached hydrogen (secondary N) is 1. The Hall–Kier alpha value is -1.04. The summed E-state index contributed by atoms with van der Waals surface area (Å²) in [6.07, 6.45) is 6.13. The van der Waals surface area contributed by atoms with E-state index >= 15 is 0 Å². The van der Waals surface area contributed by atoms with Gasteiger partial charge in [0.05, 0.1) is 6.61 Å². The standard InChI is InChI=1S/C18H25NO3S/c20-17(9-12-23-16-7-3-1-4-8-16)19-13-15-14-21-18(22-15)10-5-2-6-11-18/h1,3-4,7-8,15H,2,5-6,9-14H2,(H,19,20)/t15-/m0/s1. The molecule has 0 radical (unpaired) electrons. The molecule has 1 amide bonds. The van der Waals surface area contributed by atoms with Crippen LogP contribution in [0.5, 0.6) is 0 Å². The van der Waals surface area contributed by atoms with Crippen LogP contribution in [0.15, 0.2) is 35.2 Å². The fourth-order valence-electron chi connectivity index (χ4n) is 3.16. The molecule has 1 aliphatic carbocycles. The molecule has 1 N–H and O–H groups in total. The third kappa shape index (κ3) is 4.96. The smallest absolute Gasteiger partial charge is 0.220 e. The van der Waals surface area contributed by atoms with Gasteiger partial charge in [0.15, 0.2) is 5.79 Å². The van der Waals surface area contributed by atoms with Crippen molar-refractivity contribution >= 4 is 17.7 Å². The number of hydrogen-bond acceptors (Lipinski definition) is 4. The van der Waals surface area contributed by atoms with E-state index in [4.69, 9.17) is 9.47 Å². The minimum Gasteiger partial charge on any atom is -0.353 e. The summed E-state index contributed by atoms with van der Waals surface area (Å²) < 4.78 is 12.0. The lowest BCUT2D eigenvalue weighted by Crippen LogP contribution is -2.37. The molecule has 1 atom stereocenters. The van der Waals surface area contributed by atoms with Crippen molar-refractivity contribution in [3.05, 3.63) is 30.3 Å². The van der Waals surface area contributed by atoms with Crippen LogP contribution >= 0.6 is 11.8 Å². The summed E-state index contributed by atoms with van der Waals surface area (Å²) in [5, 5.41) is 2.98. The SMILES string of the molecule is O=C(CCSc1ccccc1)NC[C@H]1COC2(CCCCC2)O1. The molecule has 0 unspecified atom stereocenters. The van der Waals surface area contributed by atoms with Crippen LogP contribution in [0.4, 0.5) is 0 Å². The van der Waals surface area contributed by atoms with Crippen molar-refractivity contribution in [2.24, 2.45) is 0 Å². The van der Waals surface area contributed by atoms with Gasteiger partial charge in [-0.15, -0.1) is 11.8 Å². The second-order valence-electron chi connectivity index (χ2n) is 6.24. The normalized spacial score (nSPS) is 23.0. The maximum Gasteiger partial charge on any atom is 0.220 e. The van der Waals surface area contributed by atoms with Crippen molar-refractivity contribution < 1.29 is 14.3 Å². The predicted molar refractivity (Wildman–Crippen MR) is 91.4 cm³/mol. The van der Waals surface area contributed by atoms with Gasteiger partial charge in [0.25, 0.3) is 0 Å². The Kier molecular flexibility index (Phi) is 5.97. The van der Waals surface area contributed by atoms with Crippen LogP contribution in [0.1, 0.15) is 38.5 Å². The van der Waals surface area contributed by atoms with Crippen molar-refractivity contribution in [1.29, 1.82) is 0 Å². The van der Waals surface area contributed by atoms with E-state index in [0.717, 1.165) is 18.6 Å². The Morgan fingerprint density at radius 1 is 1.22 bits per heavy atom. The first-order valence-electron chi connectivity index (χ1n) is 8.52. The molecule has 5 heteroatoms. The molecule has 3 rings (SSSR count). The molecule has 1 spiro atoms. The number of amides is 1. The predicted octanol–water partition coefficient (Wildman–Crippen LogP) is 3.36. The fourth-order valence-corrected chi connectivity index (χ4v) is 4.04. The summed E-state index contributed by atoms with van der Waals surface area (Å²) in [4.78, 5) is 13.1. The highest BCUT2D eigenvalue weighted by Crippen LogP contribution is 2.37. The molecule has 1 saturated heterocycles. The Bertz CT molecular complexity index is 502. The molecular formula is C18H25NO3S. The second kappa shape index (κ2) is 8.18. The lowest BCUT2D eigenvalue weighted by molar-refractivity contribution is -0.186. The van der Waals surface area contributed by atoms with Crippen molar-refractivity contribution in [2.75, 3.05) is 18.9 Å². The van der Waals surface area contributed by atoms with Crippen LogP contribution < -0.4 is 5.32 Å². The molecule has 1 saturated carbocycles. The molecular weight excluding hydrogens is 310 g/mol. The van der Waals surface area contributed by atoms with Crippen LogP contribution in [0.25, 0.3) is 0 Å². The number of carbonyl (C=O) groups is 1. The topological polar surface area (TPSA) is 47.6 Å². The van der Waals surface area contributed by atoms with E-state index in [-0.39, 0.29) is 17.8 Å². The van der Waals surface area contributed by atoms with Crippen molar-refractivity contribution in [1.82, 2.24) is 5.32 Å². The molecule has 23 heavy (non-hydrogen) atoms. The second-order valence-corrected chi connectivity index (χ2v) is 7.41. The first kappa shape index (κ1) is 16.8. The summed E-state index contributed by atoms with van der Waals surface area (Å²) >= 11 is 1.71.